The molecule has 128 valence electrons. The average Bonchev–Trinajstić information content (AvgIpc) is 2.63. The second-order valence-corrected chi connectivity index (χ2v) is 6.14. The molecule has 0 saturated heterocycles. The van der Waals surface area contributed by atoms with Gasteiger partial charge in [-0.1, -0.05) is 17.7 Å². The number of aromatic nitrogens is 1. The molecule has 1 atom stereocenters. The van der Waals surface area contributed by atoms with E-state index in [1.54, 1.807) is 18.3 Å². The fraction of sp³-hybridized carbons (Fsp3) is 0.0526. The third-order valence-corrected chi connectivity index (χ3v) is 4.62. The molecule has 3 aromatic rings. The first kappa shape index (κ1) is 16.3. The van der Waals surface area contributed by atoms with Gasteiger partial charge in [-0.3, -0.25) is 4.98 Å². The molecule has 0 radical (unpaired) electrons. The van der Waals surface area contributed by atoms with Gasteiger partial charge in [0.1, 0.15) is 28.8 Å². The maximum absolute atomic E-state index is 14.5. The van der Waals surface area contributed by atoms with E-state index >= 15 is 0 Å². The summed E-state index contributed by atoms with van der Waals surface area (Å²) in [6.45, 7) is 0. The summed E-state index contributed by atoms with van der Waals surface area (Å²) >= 11 is 6.34. The summed E-state index contributed by atoms with van der Waals surface area (Å²) in [6, 6.07) is 10.4. The predicted octanol–water partition coefficient (Wildman–Crippen LogP) is 4.38. The van der Waals surface area contributed by atoms with Crippen molar-refractivity contribution >= 4 is 22.5 Å². The molecular weight excluding hydrogens is 360 g/mol. The Morgan fingerprint density at radius 2 is 1.92 bits per heavy atom. The summed E-state index contributed by atoms with van der Waals surface area (Å²) < 4.78 is 34.6. The molecule has 2 heterocycles. The Balaban J connectivity index is 2.11. The van der Waals surface area contributed by atoms with Crippen LogP contribution in [0.3, 0.4) is 0 Å². The fourth-order valence-electron chi connectivity index (χ4n) is 3.19. The van der Waals surface area contributed by atoms with Crippen molar-refractivity contribution in [3.8, 4) is 11.8 Å². The maximum atomic E-state index is 14.5. The highest BCUT2D eigenvalue weighted by Gasteiger charge is 2.36. The van der Waals surface area contributed by atoms with Gasteiger partial charge in [0.15, 0.2) is 5.75 Å². The number of rotatable bonds is 1. The van der Waals surface area contributed by atoms with Gasteiger partial charge in [0.2, 0.25) is 5.88 Å². The van der Waals surface area contributed by atoms with E-state index in [2.05, 4.69) is 4.98 Å². The SMILES string of the molecule is N#CC1=C(N)Oc2c(cc(Cl)c3cccnc23)C1c1c(F)cccc1F. The lowest BCUT2D eigenvalue weighted by molar-refractivity contribution is 0.394. The summed E-state index contributed by atoms with van der Waals surface area (Å²) in [4.78, 5) is 4.26. The van der Waals surface area contributed by atoms with Crippen LogP contribution < -0.4 is 10.5 Å². The number of pyridine rings is 1. The van der Waals surface area contributed by atoms with Gasteiger partial charge in [0.25, 0.3) is 0 Å². The molecule has 1 aromatic heterocycles. The van der Waals surface area contributed by atoms with Crippen molar-refractivity contribution in [1.82, 2.24) is 4.98 Å². The number of ether oxygens (including phenoxy) is 1. The first-order chi connectivity index (χ1) is 12.5. The molecule has 26 heavy (non-hydrogen) atoms. The Labute approximate surface area is 152 Å². The van der Waals surface area contributed by atoms with Crippen LogP contribution >= 0.6 is 11.6 Å². The molecule has 1 unspecified atom stereocenters. The third-order valence-electron chi connectivity index (χ3n) is 4.31. The molecular formula is C19H10ClF2N3O. The van der Waals surface area contributed by atoms with Gasteiger partial charge in [-0.2, -0.15) is 5.26 Å². The number of nitrogens with zero attached hydrogens (tertiary/aromatic N) is 2. The van der Waals surface area contributed by atoms with Crippen LogP contribution in [0, 0.1) is 23.0 Å². The van der Waals surface area contributed by atoms with Crippen LogP contribution in [0.4, 0.5) is 8.78 Å². The van der Waals surface area contributed by atoms with E-state index in [9.17, 15) is 14.0 Å². The Kier molecular flexibility index (Phi) is 3.74. The van der Waals surface area contributed by atoms with Crippen molar-refractivity contribution in [2.24, 2.45) is 5.73 Å². The van der Waals surface area contributed by atoms with Crippen LogP contribution in [0.25, 0.3) is 10.9 Å². The van der Waals surface area contributed by atoms with E-state index < -0.39 is 17.6 Å². The number of allylic oxidation sites excluding steroid dienone is 1. The number of fused-ring (bicyclic) bond motifs is 3. The zero-order valence-electron chi connectivity index (χ0n) is 13.1. The topological polar surface area (TPSA) is 71.9 Å². The second kappa shape index (κ2) is 5.97. The molecule has 0 bridgehead atoms. The van der Waals surface area contributed by atoms with Crippen molar-refractivity contribution in [3.05, 3.63) is 81.8 Å². The Hall–Kier alpha value is -3.17. The molecule has 4 nitrogen and oxygen atoms in total. The normalized spacial score (nSPS) is 16.2. The molecule has 2 aromatic carbocycles. The minimum absolute atomic E-state index is 0.0900. The number of nitriles is 1. The van der Waals surface area contributed by atoms with Crippen LogP contribution in [0.1, 0.15) is 17.0 Å². The van der Waals surface area contributed by atoms with Crippen LogP contribution in [-0.2, 0) is 0 Å². The Bertz CT molecular complexity index is 1120. The van der Waals surface area contributed by atoms with Crippen molar-refractivity contribution in [2.45, 2.75) is 5.92 Å². The van der Waals surface area contributed by atoms with E-state index in [1.807, 2.05) is 6.07 Å². The van der Waals surface area contributed by atoms with Crippen molar-refractivity contribution in [1.29, 1.82) is 5.26 Å². The zero-order valence-corrected chi connectivity index (χ0v) is 13.9. The summed E-state index contributed by atoms with van der Waals surface area (Å²) in [5.41, 5.74) is 6.24. The molecule has 0 aliphatic carbocycles. The summed E-state index contributed by atoms with van der Waals surface area (Å²) in [5.74, 6) is -2.66. The smallest absolute Gasteiger partial charge is 0.205 e. The molecule has 4 rings (SSSR count). The van der Waals surface area contributed by atoms with Gasteiger partial charge in [0, 0.05) is 22.7 Å². The maximum Gasteiger partial charge on any atom is 0.205 e. The van der Waals surface area contributed by atoms with E-state index in [0.29, 0.717) is 21.5 Å². The van der Waals surface area contributed by atoms with E-state index in [-0.39, 0.29) is 22.8 Å². The quantitative estimate of drug-likeness (QED) is 0.690. The van der Waals surface area contributed by atoms with Crippen LogP contribution in [-0.4, -0.2) is 4.98 Å². The first-order valence-electron chi connectivity index (χ1n) is 7.61. The number of nitrogens with two attached hydrogens (primary N) is 1. The van der Waals surface area contributed by atoms with Gasteiger partial charge in [0.05, 0.1) is 10.9 Å². The highest BCUT2D eigenvalue weighted by atomic mass is 35.5. The third kappa shape index (κ3) is 2.29. The van der Waals surface area contributed by atoms with Crippen LogP contribution in [0.5, 0.6) is 5.75 Å². The molecule has 7 heteroatoms. The lowest BCUT2D eigenvalue weighted by atomic mass is 9.82. The molecule has 2 N–H and O–H groups in total. The minimum Gasteiger partial charge on any atom is -0.438 e. The monoisotopic (exact) mass is 369 g/mol. The number of hydrogen-bond donors (Lipinski definition) is 1. The summed E-state index contributed by atoms with van der Waals surface area (Å²) in [7, 11) is 0. The lowest BCUT2D eigenvalue weighted by Crippen LogP contribution is -2.22. The van der Waals surface area contributed by atoms with Crippen molar-refractivity contribution in [3.63, 3.8) is 0 Å². The molecule has 1 aliphatic heterocycles. The lowest BCUT2D eigenvalue weighted by Gasteiger charge is -2.27. The minimum atomic E-state index is -1.09. The zero-order chi connectivity index (χ0) is 18.4. The molecule has 1 aliphatic rings. The first-order valence-corrected chi connectivity index (χ1v) is 7.99. The molecule has 0 fully saturated rings. The molecule has 0 saturated carbocycles. The van der Waals surface area contributed by atoms with Gasteiger partial charge >= 0.3 is 0 Å². The average molecular weight is 370 g/mol. The van der Waals surface area contributed by atoms with E-state index in [4.69, 9.17) is 22.1 Å². The standard InChI is InChI=1S/C19H10ClF2N3O/c20-12-7-10-15(16-13(21)4-1-5-14(16)22)11(8-23)19(24)26-18(10)17-9(12)3-2-6-25-17/h1-7,15H,24H2. The molecule has 0 amide bonds. The van der Waals surface area contributed by atoms with Crippen LogP contribution in [0.2, 0.25) is 5.02 Å². The van der Waals surface area contributed by atoms with Crippen molar-refractivity contribution < 1.29 is 13.5 Å². The fourth-order valence-corrected chi connectivity index (χ4v) is 3.46. The van der Waals surface area contributed by atoms with Gasteiger partial charge in [-0.05, 0) is 30.3 Å². The Morgan fingerprint density at radius 3 is 2.62 bits per heavy atom. The Morgan fingerprint density at radius 1 is 1.19 bits per heavy atom. The number of halogens is 3. The molecule has 0 spiro atoms. The van der Waals surface area contributed by atoms with Gasteiger partial charge in [-0.25, -0.2) is 8.78 Å². The number of benzene rings is 2. The highest BCUT2D eigenvalue weighted by Crippen LogP contribution is 2.47. The largest absolute Gasteiger partial charge is 0.438 e. The van der Waals surface area contributed by atoms with Gasteiger partial charge in [-0.15, -0.1) is 0 Å². The summed E-state index contributed by atoms with van der Waals surface area (Å²) in [5, 5.41) is 10.5. The highest BCUT2D eigenvalue weighted by molar-refractivity contribution is 6.35. The summed E-state index contributed by atoms with van der Waals surface area (Å²) in [6.07, 6.45) is 1.54. The number of hydrogen-bond acceptors (Lipinski definition) is 4. The van der Waals surface area contributed by atoms with E-state index in [0.717, 1.165) is 12.1 Å². The van der Waals surface area contributed by atoms with Crippen molar-refractivity contribution in [2.75, 3.05) is 0 Å². The van der Waals surface area contributed by atoms with E-state index in [1.165, 1.54) is 12.1 Å². The second-order valence-electron chi connectivity index (χ2n) is 5.74. The predicted molar refractivity (Wildman–Crippen MR) is 92.4 cm³/mol. The van der Waals surface area contributed by atoms with Gasteiger partial charge < -0.3 is 10.5 Å². The van der Waals surface area contributed by atoms with Crippen LogP contribution in [0.15, 0.2) is 54.1 Å².